The molecule has 102 valence electrons. The molecule has 19 heavy (non-hydrogen) atoms. The van der Waals surface area contributed by atoms with Crippen molar-refractivity contribution in [1.82, 2.24) is 0 Å². The predicted molar refractivity (Wildman–Crippen MR) is 75.9 cm³/mol. The molecule has 0 spiro atoms. The van der Waals surface area contributed by atoms with Gasteiger partial charge in [0.15, 0.2) is 0 Å². The molecule has 2 nitrogen and oxygen atoms in total. The van der Waals surface area contributed by atoms with Crippen LogP contribution < -0.4 is 4.74 Å². The summed E-state index contributed by atoms with van der Waals surface area (Å²) < 4.78 is 5.22. The van der Waals surface area contributed by atoms with Crippen molar-refractivity contribution >= 4 is 17.9 Å². The van der Waals surface area contributed by atoms with Gasteiger partial charge >= 0.3 is 0 Å². The highest BCUT2D eigenvalue weighted by Crippen LogP contribution is 2.57. The third kappa shape index (κ3) is 1.97. The van der Waals surface area contributed by atoms with Crippen molar-refractivity contribution < 1.29 is 9.53 Å². The lowest BCUT2D eigenvalue weighted by Crippen LogP contribution is -2.44. The number of methoxy groups -OCH3 is 1. The van der Waals surface area contributed by atoms with Gasteiger partial charge in [-0.1, -0.05) is 17.7 Å². The number of carbonyl (C=O) groups is 1. The van der Waals surface area contributed by atoms with Crippen LogP contribution in [0, 0.1) is 5.41 Å². The molecule has 4 rings (SSSR count). The summed E-state index contributed by atoms with van der Waals surface area (Å²) in [5.41, 5.74) is 1.54. The summed E-state index contributed by atoms with van der Waals surface area (Å²) >= 11 is 6.25. The fourth-order valence-electron chi connectivity index (χ4n) is 3.82. The standard InChI is InChI=1S/C16H19ClO2/c1-19-14-3-2-12(10-13(14)17)16-7-4-15(11-18,5-8-16)6-9-16/h2-3,10-11H,4-9H2,1H3. The van der Waals surface area contributed by atoms with E-state index < -0.39 is 0 Å². The third-order valence-electron chi connectivity index (χ3n) is 5.32. The number of hydrogen-bond acceptors (Lipinski definition) is 2. The van der Waals surface area contributed by atoms with E-state index in [-0.39, 0.29) is 10.8 Å². The first kappa shape index (κ1) is 13.0. The van der Waals surface area contributed by atoms with Crippen molar-refractivity contribution in [2.24, 2.45) is 5.41 Å². The molecule has 3 aliphatic carbocycles. The van der Waals surface area contributed by atoms with Crippen LogP contribution in [-0.2, 0) is 10.2 Å². The minimum Gasteiger partial charge on any atom is -0.495 e. The quantitative estimate of drug-likeness (QED) is 0.777. The lowest BCUT2D eigenvalue weighted by atomic mass is 9.52. The van der Waals surface area contributed by atoms with E-state index in [1.54, 1.807) is 7.11 Å². The van der Waals surface area contributed by atoms with Gasteiger partial charge in [-0.2, -0.15) is 0 Å². The maximum Gasteiger partial charge on any atom is 0.137 e. The van der Waals surface area contributed by atoms with E-state index in [1.165, 1.54) is 11.8 Å². The van der Waals surface area contributed by atoms with Gasteiger partial charge in [0.2, 0.25) is 0 Å². The number of aldehydes is 1. The molecule has 0 radical (unpaired) electrons. The van der Waals surface area contributed by atoms with Crippen LogP contribution in [0.4, 0.5) is 0 Å². The summed E-state index contributed by atoms with van der Waals surface area (Å²) in [5.74, 6) is 0.732. The van der Waals surface area contributed by atoms with Crippen molar-refractivity contribution in [2.75, 3.05) is 7.11 Å². The monoisotopic (exact) mass is 278 g/mol. The SMILES string of the molecule is COc1ccc(C23CCC(C=O)(CC2)CC3)cc1Cl. The van der Waals surface area contributed by atoms with Crippen molar-refractivity contribution in [3.63, 3.8) is 0 Å². The second-order valence-electron chi connectivity index (χ2n) is 6.11. The Balaban J connectivity index is 1.91. The maximum absolute atomic E-state index is 11.3. The smallest absolute Gasteiger partial charge is 0.137 e. The number of ether oxygens (including phenoxy) is 1. The fourth-order valence-corrected chi connectivity index (χ4v) is 4.08. The highest BCUT2D eigenvalue weighted by atomic mass is 35.5. The van der Waals surface area contributed by atoms with Crippen molar-refractivity contribution in [3.05, 3.63) is 28.8 Å². The van der Waals surface area contributed by atoms with Crippen molar-refractivity contribution in [1.29, 1.82) is 0 Å². The summed E-state index contributed by atoms with van der Waals surface area (Å²) in [6, 6.07) is 6.16. The Kier molecular flexibility index (Phi) is 3.09. The van der Waals surface area contributed by atoms with Gasteiger partial charge in [-0.15, -0.1) is 0 Å². The molecule has 0 atom stereocenters. The zero-order chi connectivity index (χ0) is 13.5. The van der Waals surface area contributed by atoms with Gasteiger partial charge in [-0.05, 0) is 61.6 Å². The fraction of sp³-hybridized carbons (Fsp3) is 0.562. The zero-order valence-electron chi connectivity index (χ0n) is 11.2. The molecule has 2 bridgehead atoms. The topological polar surface area (TPSA) is 26.3 Å². The van der Waals surface area contributed by atoms with Gasteiger partial charge in [0.1, 0.15) is 12.0 Å². The van der Waals surface area contributed by atoms with E-state index in [0.29, 0.717) is 5.02 Å². The highest BCUT2D eigenvalue weighted by molar-refractivity contribution is 6.32. The lowest BCUT2D eigenvalue weighted by molar-refractivity contribution is -0.122. The first-order valence-electron chi connectivity index (χ1n) is 6.94. The van der Waals surface area contributed by atoms with Crippen LogP contribution in [0.2, 0.25) is 5.02 Å². The van der Waals surface area contributed by atoms with Crippen LogP contribution in [0.1, 0.15) is 44.1 Å². The summed E-state index contributed by atoms with van der Waals surface area (Å²) in [6.07, 6.45) is 7.61. The van der Waals surface area contributed by atoms with Crippen LogP contribution in [-0.4, -0.2) is 13.4 Å². The Morgan fingerprint density at radius 1 is 1.16 bits per heavy atom. The molecule has 0 aliphatic heterocycles. The number of rotatable bonds is 3. The summed E-state index contributed by atoms with van der Waals surface area (Å²) in [5, 5.41) is 0.687. The normalized spacial score (nSPS) is 33.2. The first-order chi connectivity index (χ1) is 9.13. The maximum atomic E-state index is 11.3. The van der Waals surface area contributed by atoms with E-state index in [9.17, 15) is 4.79 Å². The highest BCUT2D eigenvalue weighted by Gasteiger charge is 2.49. The molecule has 1 aromatic carbocycles. The van der Waals surface area contributed by atoms with E-state index in [0.717, 1.165) is 44.3 Å². The van der Waals surface area contributed by atoms with Crippen LogP contribution in [0.5, 0.6) is 5.75 Å². The summed E-state index contributed by atoms with van der Waals surface area (Å²) in [6.45, 7) is 0. The largest absolute Gasteiger partial charge is 0.495 e. The van der Waals surface area contributed by atoms with Crippen LogP contribution >= 0.6 is 11.6 Å². The van der Waals surface area contributed by atoms with Crippen LogP contribution in [0.3, 0.4) is 0 Å². The minimum absolute atomic E-state index is 0.0159. The molecule has 0 amide bonds. The average molecular weight is 279 g/mol. The van der Waals surface area contributed by atoms with Crippen molar-refractivity contribution in [3.8, 4) is 5.75 Å². The van der Waals surface area contributed by atoms with E-state index in [4.69, 9.17) is 16.3 Å². The van der Waals surface area contributed by atoms with Gasteiger partial charge in [-0.3, -0.25) is 0 Å². The summed E-state index contributed by atoms with van der Waals surface area (Å²) in [4.78, 5) is 11.3. The molecule has 0 N–H and O–H groups in total. The zero-order valence-corrected chi connectivity index (χ0v) is 12.0. The number of carbonyl (C=O) groups excluding carboxylic acids is 1. The third-order valence-corrected chi connectivity index (χ3v) is 5.61. The molecule has 1 aromatic rings. The summed E-state index contributed by atoms with van der Waals surface area (Å²) in [7, 11) is 1.64. The van der Waals surface area contributed by atoms with Gasteiger partial charge in [0.25, 0.3) is 0 Å². The predicted octanol–water partition coefficient (Wildman–Crippen LogP) is 4.14. The van der Waals surface area contributed by atoms with Crippen LogP contribution in [0.15, 0.2) is 18.2 Å². The second kappa shape index (κ2) is 4.52. The number of hydrogen-bond donors (Lipinski definition) is 0. The van der Waals surface area contributed by atoms with Gasteiger partial charge < -0.3 is 9.53 Å². The molecule has 0 aromatic heterocycles. The molecule has 3 fully saturated rings. The Bertz CT molecular complexity index is 485. The number of benzene rings is 1. The van der Waals surface area contributed by atoms with Crippen LogP contribution in [0.25, 0.3) is 0 Å². The Labute approximate surface area is 119 Å². The minimum atomic E-state index is -0.0159. The molecular weight excluding hydrogens is 260 g/mol. The molecule has 0 saturated heterocycles. The molecule has 0 unspecified atom stereocenters. The first-order valence-corrected chi connectivity index (χ1v) is 7.31. The molecule has 3 saturated carbocycles. The Morgan fingerprint density at radius 2 is 1.79 bits per heavy atom. The Morgan fingerprint density at radius 3 is 2.26 bits per heavy atom. The van der Waals surface area contributed by atoms with E-state index in [1.807, 2.05) is 6.07 Å². The second-order valence-corrected chi connectivity index (χ2v) is 6.52. The Hall–Kier alpha value is -1.02. The van der Waals surface area contributed by atoms with E-state index in [2.05, 4.69) is 12.1 Å². The molecule has 0 heterocycles. The number of fused-ring (bicyclic) bond motifs is 3. The molecule has 3 heteroatoms. The molecule has 3 aliphatic rings. The van der Waals surface area contributed by atoms with E-state index >= 15 is 0 Å². The number of halogens is 1. The van der Waals surface area contributed by atoms with Gasteiger partial charge in [0, 0.05) is 5.41 Å². The lowest BCUT2D eigenvalue weighted by Gasteiger charge is -2.51. The van der Waals surface area contributed by atoms with Gasteiger partial charge in [-0.25, -0.2) is 0 Å². The molecular formula is C16H19ClO2. The van der Waals surface area contributed by atoms with Crippen molar-refractivity contribution in [2.45, 2.75) is 43.9 Å². The van der Waals surface area contributed by atoms with Gasteiger partial charge in [0.05, 0.1) is 12.1 Å². The average Bonchev–Trinajstić information content (AvgIpc) is 2.49.